The number of hydrogen-bond acceptors (Lipinski definition) is 2. The van der Waals surface area contributed by atoms with Crippen LogP contribution in [0.15, 0.2) is 91.0 Å². The molecule has 0 aliphatic carbocycles. The normalized spacial score (nSPS) is 11.4. The number of aromatic nitrogens is 2. The minimum absolute atomic E-state index is 0.304. The molecule has 0 saturated carbocycles. The molecule has 140 valence electrons. The first-order valence-electron chi connectivity index (χ1n) is 10.1. The smallest absolute Gasteiger partial charge is 0.0927 e. The van der Waals surface area contributed by atoms with Gasteiger partial charge in [-0.3, -0.25) is 0 Å². The summed E-state index contributed by atoms with van der Waals surface area (Å²) in [6, 6.07) is 31.8. The summed E-state index contributed by atoms with van der Waals surface area (Å²) in [7, 11) is 0. The third kappa shape index (κ3) is 3.27. The standard InChI is InChI=1S/C27H22N2/c1-18(2)26-27(20-11-7-4-8-12-20)29-25-17-23-15-21(19-9-5-3-6-10-19)13-14-22(23)16-24(25)28-26/h3-18H,1-2H3. The summed E-state index contributed by atoms with van der Waals surface area (Å²) in [5.41, 5.74) is 7.46. The second-order valence-electron chi connectivity index (χ2n) is 7.75. The highest BCUT2D eigenvalue weighted by atomic mass is 14.8. The Morgan fingerprint density at radius 1 is 0.552 bits per heavy atom. The minimum atomic E-state index is 0.304. The predicted octanol–water partition coefficient (Wildman–Crippen LogP) is 7.24. The lowest BCUT2D eigenvalue weighted by Crippen LogP contribution is -2.01. The molecule has 0 saturated heterocycles. The Morgan fingerprint density at radius 3 is 1.86 bits per heavy atom. The van der Waals surface area contributed by atoms with Crippen LogP contribution < -0.4 is 0 Å². The summed E-state index contributed by atoms with van der Waals surface area (Å²) >= 11 is 0. The van der Waals surface area contributed by atoms with E-state index in [4.69, 9.17) is 9.97 Å². The maximum Gasteiger partial charge on any atom is 0.0927 e. The molecular formula is C27H22N2. The van der Waals surface area contributed by atoms with Gasteiger partial charge in [-0.2, -0.15) is 0 Å². The van der Waals surface area contributed by atoms with Gasteiger partial charge in [-0.25, -0.2) is 9.97 Å². The SMILES string of the molecule is CC(C)c1nc2cc3ccc(-c4ccccc4)cc3cc2nc1-c1ccccc1. The van der Waals surface area contributed by atoms with Crippen LogP contribution in [0.4, 0.5) is 0 Å². The second-order valence-corrected chi connectivity index (χ2v) is 7.75. The average Bonchev–Trinajstić information content (AvgIpc) is 2.77. The number of hydrogen-bond donors (Lipinski definition) is 0. The van der Waals surface area contributed by atoms with Crippen molar-refractivity contribution in [1.82, 2.24) is 9.97 Å². The van der Waals surface area contributed by atoms with Gasteiger partial charge in [-0.15, -0.1) is 0 Å². The molecule has 5 rings (SSSR count). The van der Waals surface area contributed by atoms with Crippen molar-refractivity contribution in [2.24, 2.45) is 0 Å². The van der Waals surface area contributed by atoms with Crippen molar-refractivity contribution in [3.05, 3.63) is 96.7 Å². The largest absolute Gasteiger partial charge is 0.249 e. The molecule has 0 aliphatic rings. The van der Waals surface area contributed by atoms with Crippen LogP contribution in [0.25, 0.3) is 44.2 Å². The number of nitrogens with zero attached hydrogens (tertiary/aromatic N) is 2. The summed E-state index contributed by atoms with van der Waals surface area (Å²) in [6.45, 7) is 4.35. The molecule has 0 atom stereocenters. The van der Waals surface area contributed by atoms with Gasteiger partial charge < -0.3 is 0 Å². The quantitative estimate of drug-likeness (QED) is 0.311. The fraction of sp³-hybridized carbons (Fsp3) is 0.111. The van der Waals surface area contributed by atoms with Crippen LogP contribution in [0, 0.1) is 0 Å². The van der Waals surface area contributed by atoms with Gasteiger partial charge >= 0.3 is 0 Å². The van der Waals surface area contributed by atoms with E-state index in [1.807, 2.05) is 12.1 Å². The highest BCUT2D eigenvalue weighted by molar-refractivity contribution is 5.97. The molecule has 0 bridgehead atoms. The van der Waals surface area contributed by atoms with Crippen LogP contribution in [-0.2, 0) is 0 Å². The van der Waals surface area contributed by atoms with E-state index in [2.05, 4.69) is 92.7 Å². The maximum absolute atomic E-state index is 5.06. The first-order valence-corrected chi connectivity index (χ1v) is 10.1. The third-order valence-electron chi connectivity index (χ3n) is 5.35. The highest BCUT2D eigenvalue weighted by Crippen LogP contribution is 2.31. The van der Waals surface area contributed by atoms with E-state index < -0.39 is 0 Å². The fourth-order valence-corrected chi connectivity index (χ4v) is 3.83. The molecule has 0 unspecified atom stereocenters. The van der Waals surface area contributed by atoms with Crippen LogP contribution in [0.2, 0.25) is 0 Å². The molecule has 5 aromatic rings. The molecule has 0 fully saturated rings. The summed E-state index contributed by atoms with van der Waals surface area (Å²) in [5.74, 6) is 0.304. The number of fused-ring (bicyclic) bond motifs is 2. The van der Waals surface area contributed by atoms with Crippen molar-refractivity contribution in [3.8, 4) is 22.4 Å². The van der Waals surface area contributed by atoms with Crippen molar-refractivity contribution in [1.29, 1.82) is 0 Å². The third-order valence-corrected chi connectivity index (χ3v) is 5.35. The average molecular weight is 374 g/mol. The van der Waals surface area contributed by atoms with Gasteiger partial charge in [0, 0.05) is 5.56 Å². The van der Waals surface area contributed by atoms with Crippen LogP contribution in [0.3, 0.4) is 0 Å². The van der Waals surface area contributed by atoms with Crippen LogP contribution in [-0.4, -0.2) is 9.97 Å². The van der Waals surface area contributed by atoms with Crippen LogP contribution in [0.1, 0.15) is 25.5 Å². The first-order chi connectivity index (χ1) is 14.2. The monoisotopic (exact) mass is 374 g/mol. The van der Waals surface area contributed by atoms with E-state index in [1.54, 1.807) is 0 Å². The molecule has 4 aromatic carbocycles. The van der Waals surface area contributed by atoms with Crippen molar-refractivity contribution in [2.45, 2.75) is 19.8 Å². The fourth-order valence-electron chi connectivity index (χ4n) is 3.83. The Balaban J connectivity index is 1.73. The molecule has 1 heterocycles. The lowest BCUT2D eigenvalue weighted by Gasteiger charge is -2.13. The lowest BCUT2D eigenvalue weighted by molar-refractivity contribution is 0.826. The zero-order valence-electron chi connectivity index (χ0n) is 16.6. The Hall–Kier alpha value is -3.52. The molecule has 2 nitrogen and oxygen atoms in total. The Morgan fingerprint density at radius 2 is 1.17 bits per heavy atom. The summed E-state index contributed by atoms with van der Waals surface area (Å²) in [4.78, 5) is 10.1. The van der Waals surface area contributed by atoms with E-state index in [0.29, 0.717) is 5.92 Å². The van der Waals surface area contributed by atoms with Crippen LogP contribution >= 0.6 is 0 Å². The Bertz CT molecular complexity index is 1310. The first kappa shape index (κ1) is 17.6. The van der Waals surface area contributed by atoms with E-state index in [1.165, 1.54) is 21.9 Å². The molecular weight excluding hydrogens is 352 g/mol. The van der Waals surface area contributed by atoms with Gasteiger partial charge in [-0.1, -0.05) is 86.6 Å². The topological polar surface area (TPSA) is 25.8 Å². The zero-order chi connectivity index (χ0) is 19.8. The number of rotatable bonds is 3. The number of benzene rings is 4. The van der Waals surface area contributed by atoms with Gasteiger partial charge in [0.25, 0.3) is 0 Å². The molecule has 0 amide bonds. The maximum atomic E-state index is 5.06. The summed E-state index contributed by atoms with van der Waals surface area (Å²) in [5, 5.41) is 2.37. The molecule has 1 aromatic heterocycles. The van der Waals surface area contributed by atoms with Gasteiger partial charge in [-0.05, 0) is 46.0 Å². The zero-order valence-corrected chi connectivity index (χ0v) is 16.6. The van der Waals surface area contributed by atoms with Gasteiger partial charge in [0.05, 0.1) is 22.4 Å². The van der Waals surface area contributed by atoms with E-state index in [0.717, 1.165) is 28.0 Å². The molecule has 2 heteroatoms. The minimum Gasteiger partial charge on any atom is -0.249 e. The van der Waals surface area contributed by atoms with Crippen molar-refractivity contribution < 1.29 is 0 Å². The summed E-state index contributed by atoms with van der Waals surface area (Å²) < 4.78 is 0. The van der Waals surface area contributed by atoms with Crippen molar-refractivity contribution in [3.63, 3.8) is 0 Å². The van der Waals surface area contributed by atoms with Gasteiger partial charge in [0.15, 0.2) is 0 Å². The predicted molar refractivity (Wildman–Crippen MR) is 122 cm³/mol. The van der Waals surface area contributed by atoms with E-state index in [-0.39, 0.29) is 0 Å². The Kier molecular flexibility index (Phi) is 4.33. The second kappa shape index (κ2) is 7.14. The summed E-state index contributed by atoms with van der Waals surface area (Å²) in [6.07, 6.45) is 0. The highest BCUT2D eigenvalue weighted by Gasteiger charge is 2.14. The van der Waals surface area contributed by atoms with Gasteiger partial charge in [0.2, 0.25) is 0 Å². The van der Waals surface area contributed by atoms with Crippen LogP contribution in [0.5, 0.6) is 0 Å². The molecule has 29 heavy (non-hydrogen) atoms. The van der Waals surface area contributed by atoms with Crippen molar-refractivity contribution >= 4 is 21.8 Å². The lowest BCUT2D eigenvalue weighted by atomic mass is 9.99. The molecule has 0 N–H and O–H groups in total. The van der Waals surface area contributed by atoms with E-state index >= 15 is 0 Å². The molecule has 0 aliphatic heterocycles. The molecule has 0 spiro atoms. The Labute approximate surface area is 170 Å². The van der Waals surface area contributed by atoms with E-state index in [9.17, 15) is 0 Å². The molecule has 0 radical (unpaired) electrons. The van der Waals surface area contributed by atoms with Crippen molar-refractivity contribution in [2.75, 3.05) is 0 Å². The van der Waals surface area contributed by atoms with Gasteiger partial charge in [0.1, 0.15) is 0 Å².